The topological polar surface area (TPSA) is 75.8 Å². The average molecular weight is 473 g/mol. The molecular weight excluding hydrogens is 441 g/mol. The molecule has 0 bridgehead atoms. The number of morpholine rings is 1. The van der Waals surface area contributed by atoms with Crippen LogP contribution in [0.25, 0.3) is 0 Å². The Kier molecular flexibility index (Phi) is 9.07. The lowest BCUT2D eigenvalue weighted by Crippen LogP contribution is -2.56. The molecule has 1 saturated heterocycles. The minimum atomic E-state index is 0. The molecule has 0 unspecified atom stereocenters. The zero-order valence-electron chi connectivity index (χ0n) is 15.5. The standard InChI is InChI=1S/C19H31N5O.HI/c20-18(22-11-7-17-6-2-5-10-21-17)23-16-19(8-3-1-4-9-19)24-12-14-25-15-13-24;/h2,5-6,10H,1,3-4,7-9,11-16H2,(H3,20,22,23);1H. The Morgan fingerprint density at radius 3 is 2.69 bits per heavy atom. The van der Waals surface area contributed by atoms with E-state index in [-0.39, 0.29) is 29.5 Å². The SMILES string of the molecule is I.NC(=NCC1(N2CCOCC2)CCCCC1)NCCc1ccccn1. The Labute approximate surface area is 174 Å². The summed E-state index contributed by atoms with van der Waals surface area (Å²) in [6.07, 6.45) is 9.04. The van der Waals surface area contributed by atoms with Crippen LogP contribution >= 0.6 is 24.0 Å². The number of nitrogens with one attached hydrogen (secondary N) is 1. The third kappa shape index (κ3) is 6.06. The van der Waals surface area contributed by atoms with Crippen molar-refractivity contribution in [1.82, 2.24) is 15.2 Å². The van der Waals surface area contributed by atoms with Crippen molar-refractivity contribution in [1.29, 1.82) is 0 Å². The number of nitrogens with zero attached hydrogens (tertiary/aromatic N) is 3. The number of guanidine groups is 1. The van der Waals surface area contributed by atoms with Crippen LogP contribution in [0.4, 0.5) is 0 Å². The second-order valence-corrected chi connectivity index (χ2v) is 7.08. The molecule has 7 heteroatoms. The summed E-state index contributed by atoms with van der Waals surface area (Å²) in [5.41, 5.74) is 7.36. The number of pyridine rings is 1. The number of aromatic nitrogens is 1. The predicted octanol–water partition coefficient (Wildman–Crippen LogP) is 2.18. The van der Waals surface area contributed by atoms with Gasteiger partial charge in [-0.15, -0.1) is 24.0 Å². The highest BCUT2D eigenvalue weighted by Gasteiger charge is 2.38. The van der Waals surface area contributed by atoms with E-state index in [1.807, 2.05) is 24.4 Å². The van der Waals surface area contributed by atoms with Crippen LogP contribution in [0.1, 0.15) is 37.8 Å². The fourth-order valence-electron chi connectivity index (χ4n) is 3.97. The zero-order chi connectivity index (χ0) is 17.4. The molecule has 2 aliphatic rings. The summed E-state index contributed by atoms with van der Waals surface area (Å²) < 4.78 is 5.54. The number of aliphatic imine (C=N–C) groups is 1. The van der Waals surface area contributed by atoms with Gasteiger partial charge in [0.05, 0.1) is 19.8 Å². The van der Waals surface area contributed by atoms with Crippen LogP contribution in [0.3, 0.4) is 0 Å². The minimum absolute atomic E-state index is 0. The van der Waals surface area contributed by atoms with Crippen LogP contribution in [0.5, 0.6) is 0 Å². The molecule has 2 fully saturated rings. The third-order valence-corrected chi connectivity index (χ3v) is 5.42. The van der Waals surface area contributed by atoms with Gasteiger partial charge in [-0.2, -0.15) is 0 Å². The van der Waals surface area contributed by atoms with Crippen LogP contribution in [0.15, 0.2) is 29.4 Å². The summed E-state index contributed by atoms with van der Waals surface area (Å²) in [5, 5.41) is 3.24. The highest BCUT2D eigenvalue weighted by Crippen LogP contribution is 2.34. The Morgan fingerprint density at radius 1 is 1.23 bits per heavy atom. The van der Waals surface area contributed by atoms with Gasteiger partial charge in [-0.3, -0.25) is 14.9 Å². The lowest BCUT2D eigenvalue weighted by atomic mass is 9.80. The van der Waals surface area contributed by atoms with E-state index in [1.165, 1.54) is 32.1 Å². The number of hydrogen-bond acceptors (Lipinski definition) is 4. The van der Waals surface area contributed by atoms with Gasteiger partial charge in [0.15, 0.2) is 5.96 Å². The van der Waals surface area contributed by atoms with Crippen molar-refractivity contribution in [3.63, 3.8) is 0 Å². The molecular formula is C19H32IN5O. The van der Waals surface area contributed by atoms with Crippen molar-refractivity contribution in [2.75, 3.05) is 39.4 Å². The quantitative estimate of drug-likeness (QED) is 0.377. The molecule has 0 radical (unpaired) electrons. The largest absolute Gasteiger partial charge is 0.379 e. The van der Waals surface area contributed by atoms with Gasteiger partial charge >= 0.3 is 0 Å². The van der Waals surface area contributed by atoms with Gasteiger partial charge in [-0.1, -0.05) is 25.3 Å². The second kappa shape index (κ2) is 11.0. The minimum Gasteiger partial charge on any atom is -0.379 e. The number of nitrogens with two attached hydrogens (primary N) is 1. The van der Waals surface area contributed by atoms with E-state index in [0.29, 0.717) is 5.96 Å². The molecule has 0 spiro atoms. The average Bonchev–Trinajstić information content (AvgIpc) is 2.69. The number of ether oxygens (including phenoxy) is 1. The summed E-state index contributed by atoms with van der Waals surface area (Å²) in [6, 6.07) is 5.97. The van der Waals surface area contributed by atoms with Crippen molar-refractivity contribution in [2.24, 2.45) is 10.7 Å². The van der Waals surface area contributed by atoms with Crippen LogP contribution in [-0.4, -0.2) is 60.8 Å². The van der Waals surface area contributed by atoms with E-state index >= 15 is 0 Å². The van der Waals surface area contributed by atoms with Crippen molar-refractivity contribution < 1.29 is 4.74 Å². The number of rotatable bonds is 6. The fourth-order valence-corrected chi connectivity index (χ4v) is 3.97. The molecule has 3 rings (SSSR count). The lowest BCUT2D eigenvalue weighted by Gasteiger charge is -2.47. The number of halogens is 1. The Morgan fingerprint density at radius 2 is 2.00 bits per heavy atom. The Bertz CT molecular complexity index is 542. The summed E-state index contributed by atoms with van der Waals surface area (Å²) in [5.74, 6) is 0.550. The molecule has 3 N–H and O–H groups in total. The molecule has 1 aromatic heterocycles. The van der Waals surface area contributed by atoms with Gasteiger partial charge in [0.1, 0.15) is 0 Å². The smallest absolute Gasteiger partial charge is 0.188 e. The van der Waals surface area contributed by atoms with Crippen LogP contribution in [0.2, 0.25) is 0 Å². The van der Waals surface area contributed by atoms with E-state index in [9.17, 15) is 0 Å². The highest BCUT2D eigenvalue weighted by molar-refractivity contribution is 14.0. The third-order valence-electron chi connectivity index (χ3n) is 5.42. The van der Waals surface area contributed by atoms with Crippen molar-refractivity contribution in [3.05, 3.63) is 30.1 Å². The Balaban J connectivity index is 0.00000243. The monoisotopic (exact) mass is 473 g/mol. The fraction of sp³-hybridized carbons (Fsp3) is 0.684. The van der Waals surface area contributed by atoms with Crippen LogP contribution in [0, 0.1) is 0 Å². The van der Waals surface area contributed by atoms with Gasteiger partial charge in [-0.25, -0.2) is 0 Å². The first-order valence-electron chi connectivity index (χ1n) is 9.55. The van der Waals surface area contributed by atoms with E-state index in [0.717, 1.165) is 51.5 Å². The first-order valence-corrected chi connectivity index (χ1v) is 9.55. The summed E-state index contributed by atoms with van der Waals surface area (Å²) in [4.78, 5) is 11.6. The summed E-state index contributed by atoms with van der Waals surface area (Å²) >= 11 is 0. The predicted molar refractivity (Wildman–Crippen MR) is 116 cm³/mol. The second-order valence-electron chi connectivity index (χ2n) is 7.08. The number of hydrogen-bond donors (Lipinski definition) is 2. The maximum Gasteiger partial charge on any atom is 0.188 e. The maximum absolute atomic E-state index is 6.12. The van der Waals surface area contributed by atoms with E-state index < -0.39 is 0 Å². The zero-order valence-corrected chi connectivity index (χ0v) is 17.9. The van der Waals surface area contributed by atoms with E-state index in [1.54, 1.807) is 0 Å². The first kappa shape index (κ1) is 21.4. The normalized spacial score (nSPS) is 21.0. The highest BCUT2D eigenvalue weighted by atomic mass is 127. The lowest BCUT2D eigenvalue weighted by molar-refractivity contribution is -0.0333. The summed E-state index contributed by atoms with van der Waals surface area (Å²) in [7, 11) is 0. The Hall–Kier alpha value is -0.930. The molecule has 26 heavy (non-hydrogen) atoms. The molecule has 1 aliphatic carbocycles. The summed E-state index contributed by atoms with van der Waals surface area (Å²) in [6.45, 7) is 5.25. The molecule has 1 saturated carbocycles. The molecule has 2 heterocycles. The van der Waals surface area contributed by atoms with Gasteiger partial charge in [0.2, 0.25) is 0 Å². The van der Waals surface area contributed by atoms with Gasteiger partial charge in [0.25, 0.3) is 0 Å². The molecule has 0 amide bonds. The van der Waals surface area contributed by atoms with Gasteiger partial charge in [-0.05, 0) is 25.0 Å². The van der Waals surface area contributed by atoms with Gasteiger partial charge in [0, 0.05) is 43.5 Å². The molecule has 6 nitrogen and oxygen atoms in total. The molecule has 0 aromatic carbocycles. The molecule has 0 atom stereocenters. The van der Waals surface area contributed by atoms with Crippen molar-refractivity contribution >= 4 is 29.9 Å². The van der Waals surface area contributed by atoms with Gasteiger partial charge < -0.3 is 15.8 Å². The van der Waals surface area contributed by atoms with Crippen LogP contribution in [-0.2, 0) is 11.2 Å². The van der Waals surface area contributed by atoms with E-state index in [2.05, 4.69) is 15.2 Å². The molecule has 146 valence electrons. The van der Waals surface area contributed by atoms with Crippen LogP contribution < -0.4 is 11.1 Å². The van der Waals surface area contributed by atoms with Crippen molar-refractivity contribution in [3.8, 4) is 0 Å². The molecule has 1 aromatic rings. The van der Waals surface area contributed by atoms with Crippen molar-refractivity contribution in [2.45, 2.75) is 44.1 Å². The maximum atomic E-state index is 6.12. The first-order chi connectivity index (χ1) is 12.3. The van der Waals surface area contributed by atoms with E-state index in [4.69, 9.17) is 15.5 Å². The molecule has 1 aliphatic heterocycles.